The Bertz CT molecular complexity index is 1560. The molecule has 3 aliphatic rings. The number of aromatic nitrogens is 1. The third-order valence-corrected chi connectivity index (χ3v) is 9.81. The van der Waals surface area contributed by atoms with E-state index in [1.165, 1.54) is 15.4 Å². The third kappa shape index (κ3) is 6.07. The molecule has 2 aliphatic heterocycles. The summed E-state index contributed by atoms with van der Waals surface area (Å²) in [7, 11) is -3.83. The van der Waals surface area contributed by atoms with Gasteiger partial charge in [-0.15, -0.1) is 0 Å². The Kier molecular flexibility index (Phi) is 7.78. The molecule has 3 heterocycles. The van der Waals surface area contributed by atoms with Gasteiger partial charge in [-0.2, -0.15) is 4.31 Å². The largest absolute Gasteiger partial charge is 0.457 e. The first-order valence-corrected chi connectivity index (χ1v) is 15.8. The zero-order chi connectivity index (χ0) is 29.3. The summed E-state index contributed by atoms with van der Waals surface area (Å²) < 4.78 is 33.5. The van der Waals surface area contributed by atoms with Crippen molar-refractivity contribution in [3.8, 4) is 11.5 Å². The fourth-order valence-corrected chi connectivity index (χ4v) is 7.45. The number of para-hydroxylation sites is 1. The number of carbonyl (C=O) groups is 3. The molecule has 1 N–H and O–H groups in total. The molecule has 1 saturated carbocycles. The van der Waals surface area contributed by atoms with Crippen molar-refractivity contribution in [2.24, 2.45) is 5.92 Å². The quantitative estimate of drug-likeness (QED) is 0.386. The number of amides is 2. The monoisotopic (exact) mass is 588 g/mol. The van der Waals surface area contributed by atoms with E-state index >= 15 is 0 Å². The summed E-state index contributed by atoms with van der Waals surface area (Å²) in [5, 5.41) is 2.90. The second-order valence-corrected chi connectivity index (χ2v) is 13.0. The van der Waals surface area contributed by atoms with Gasteiger partial charge < -0.3 is 15.0 Å². The van der Waals surface area contributed by atoms with Crippen molar-refractivity contribution in [1.29, 1.82) is 0 Å². The van der Waals surface area contributed by atoms with E-state index in [-0.39, 0.29) is 30.5 Å². The van der Waals surface area contributed by atoms with Crippen LogP contribution in [0.2, 0.25) is 0 Å². The maximum atomic E-state index is 13.8. The number of nitrogens with zero attached hydrogens (tertiary/aromatic N) is 3. The summed E-state index contributed by atoms with van der Waals surface area (Å²) in [6, 6.07) is 18.7. The Labute approximate surface area is 244 Å². The first-order chi connectivity index (χ1) is 20.3. The van der Waals surface area contributed by atoms with Gasteiger partial charge in [0.1, 0.15) is 29.3 Å². The Morgan fingerprint density at radius 3 is 2.36 bits per heavy atom. The van der Waals surface area contributed by atoms with Crippen LogP contribution in [-0.2, 0) is 25.4 Å². The van der Waals surface area contributed by atoms with E-state index in [9.17, 15) is 22.8 Å². The summed E-state index contributed by atoms with van der Waals surface area (Å²) in [6.07, 6.45) is 4.32. The van der Waals surface area contributed by atoms with Crippen LogP contribution in [0.15, 0.2) is 79.0 Å². The zero-order valence-electron chi connectivity index (χ0n) is 23.0. The van der Waals surface area contributed by atoms with E-state index in [4.69, 9.17) is 4.74 Å². The average Bonchev–Trinajstić information content (AvgIpc) is 3.59. The molecular weight excluding hydrogens is 556 g/mol. The van der Waals surface area contributed by atoms with Crippen molar-refractivity contribution in [3.63, 3.8) is 0 Å². The predicted molar refractivity (Wildman–Crippen MR) is 154 cm³/mol. The summed E-state index contributed by atoms with van der Waals surface area (Å²) in [4.78, 5) is 45.8. The lowest BCUT2D eigenvalue weighted by Gasteiger charge is -2.28. The first-order valence-electron chi connectivity index (χ1n) is 14.1. The molecule has 218 valence electrons. The number of benzene rings is 2. The number of likely N-dealkylation sites (tertiary alicyclic amines) is 1. The molecule has 11 heteroatoms. The summed E-state index contributed by atoms with van der Waals surface area (Å²) in [5.74, 6) is 0.229. The van der Waals surface area contributed by atoms with Crippen LogP contribution in [0.5, 0.6) is 11.5 Å². The number of Topliss-reactive ketones (excluding diaryl/α,β-unsaturated/α-hetero) is 1. The van der Waals surface area contributed by atoms with Crippen molar-refractivity contribution in [2.75, 3.05) is 13.1 Å². The van der Waals surface area contributed by atoms with Gasteiger partial charge in [-0.3, -0.25) is 19.4 Å². The Hall–Kier alpha value is -4.09. The molecule has 3 unspecified atom stereocenters. The highest BCUT2D eigenvalue weighted by Gasteiger charge is 2.54. The topological polar surface area (TPSA) is 126 Å². The molecule has 6 rings (SSSR count). The van der Waals surface area contributed by atoms with Gasteiger partial charge in [0, 0.05) is 18.3 Å². The maximum absolute atomic E-state index is 13.8. The molecule has 2 aromatic carbocycles. The van der Waals surface area contributed by atoms with Crippen LogP contribution in [0.25, 0.3) is 0 Å². The minimum atomic E-state index is -3.83. The van der Waals surface area contributed by atoms with Gasteiger partial charge in [0.25, 0.3) is 5.91 Å². The second kappa shape index (κ2) is 11.7. The standard InChI is InChI=1S/C31H32N4O6S/c36-28-19-35(42(39,40)20-23-6-4-5-16-32-23)27-15-17-34(29(27)28)31(38)26(18-21-9-10-21)33-30(37)22-11-13-25(14-12-22)41-24-7-2-1-3-8-24/h1-8,11-14,16,21,26-27,29H,9-10,15,17-20H2,(H,33,37). The molecule has 2 saturated heterocycles. The summed E-state index contributed by atoms with van der Waals surface area (Å²) in [6.45, 7) is -0.0244. The number of ether oxygens (including phenoxy) is 1. The lowest BCUT2D eigenvalue weighted by atomic mass is 10.1. The Morgan fingerprint density at radius 1 is 0.952 bits per heavy atom. The highest BCUT2D eigenvalue weighted by atomic mass is 32.2. The second-order valence-electron chi connectivity index (χ2n) is 11.1. The van der Waals surface area contributed by atoms with Gasteiger partial charge >= 0.3 is 0 Å². The zero-order valence-corrected chi connectivity index (χ0v) is 23.8. The van der Waals surface area contributed by atoms with E-state index in [2.05, 4.69) is 10.3 Å². The molecule has 0 bridgehead atoms. The highest BCUT2D eigenvalue weighted by molar-refractivity contribution is 7.88. The number of ketones is 1. The lowest BCUT2D eigenvalue weighted by Crippen LogP contribution is -2.52. The molecule has 2 amide bonds. The van der Waals surface area contributed by atoms with E-state index in [0.717, 1.165) is 12.8 Å². The van der Waals surface area contributed by atoms with Crippen LogP contribution in [0, 0.1) is 5.92 Å². The van der Waals surface area contributed by atoms with Crippen LogP contribution in [0.1, 0.15) is 41.7 Å². The average molecular weight is 589 g/mol. The number of hydrogen-bond acceptors (Lipinski definition) is 7. The SMILES string of the molecule is O=C(NC(CC1CC1)C(=O)N1CCC2C1C(=O)CN2S(=O)(=O)Cc1ccccn1)c1ccc(Oc2ccccc2)cc1. The van der Waals surface area contributed by atoms with Crippen molar-refractivity contribution in [2.45, 2.75) is 49.6 Å². The van der Waals surface area contributed by atoms with Gasteiger partial charge in [0.05, 0.1) is 18.3 Å². The van der Waals surface area contributed by atoms with Crippen LogP contribution in [0.4, 0.5) is 0 Å². The Morgan fingerprint density at radius 2 is 1.67 bits per heavy atom. The number of hydrogen-bond donors (Lipinski definition) is 1. The van der Waals surface area contributed by atoms with E-state index in [0.29, 0.717) is 41.5 Å². The lowest BCUT2D eigenvalue weighted by molar-refractivity contribution is -0.138. The predicted octanol–water partition coefficient (Wildman–Crippen LogP) is 3.16. The van der Waals surface area contributed by atoms with Crippen molar-refractivity contribution >= 4 is 27.6 Å². The van der Waals surface area contributed by atoms with Crippen LogP contribution in [0.3, 0.4) is 0 Å². The molecule has 1 aromatic heterocycles. The molecule has 3 aromatic rings. The van der Waals surface area contributed by atoms with Gasteiger partial charge in [-0.25, -0.2) is 8.42 Å². The summed E-state index contributed by atoms with van der Waals surface area (Å²) >= 11 is 0. The van der Waals surface area contributed by atoms with E-state index < -0.39 is 34.1 Å². The van der Waals surface area contributed by atoms with E-state index in [1.54, 1.807) is 42.5 Å². The molecule has 3 atom stereocenters. The molecule has 0 radical (unpaired) electrons. The molecule has 42 heavy (non-hydrogen) atoms. The number of rotatable bonds is 10. The van der Waals surface area contributed by atoms with Crippen molar-refractivity contribution in [3.05, 3.63) is 90.3 Å². The van der Waals surface area contributed by atoms with Crippen LogP contribution >= 0.6 is 0 Å². The number of pyridine rings is 1. The van der Waals surface area contributed by atoms with Crippen molar-refractivity contribution < 1.29 is 27.5 Å². The van der Waals surface area contributed by atoms with Gasteiger partial charge in [-0.05, 0) is 67.3 Å². The Balaban J connectivity index is 1.14. The number of nitrogens with one attached hydrogen (secondary N) is 1. The fraction of sp³-hybridized carbons (Fsp3) is 0.355. The molecule has 3 fully saturated rings. The minimum Gasteiger partial charge on any atom is -0.457 e. The molecule has 0 spiro atoms. The number of sulfonamides is 1. The van der Waals surface area contributed by atoms with Gasteiger partial charge in [0.15, 0.2) is 5.78 Å². The van der Waals surface area contributed by atoms with E-state index in [1.807, 2.05) is 30.3 Å². The highest BCUT2D eigenvalue weighted by Crippen LogP contribution is 2.36. The van der Waals surface area contributed by atoms with Gasteiger partial charge in [0.2, 0.25) is 15.9 Å². The summed E-state index contributed by atoms with van der Waals surface area (Å²) in [5.41, 5.74) is 0.776. The fourth-order valence-electron chi connectivity index (χ4n) is 5.78. The van der Waals surface area contributed by atoms with Crippen LogP contribution < -0.4 is 10.1 Å². The molecular formula is C31H32N4O6S. The minimum absolute atomic E-state index is 0.248. The van der Waals surface area contributed by atoms with Crippen molar-refractivity contribution in [1.82, 2.24) is 19.5 Å². The van der Waals surface area contributed by atoms with Gasteiger partial charge in [-0.1, -0.05) is 37.1 Å². The normalized spacial score (nSPS) is 21.1. The third-order valence-electron chi connectivity index (χ3n) is 8.04. The first kappa shape index (κ1) is 28.0. The van der Waals surface area contributed by atoms with Crippen LogP contribution in [-0.4, -0.2) is 71.4 Å². The number of fused-ring (bicyclic) bond motifs is 1. The smallest absolute Gasteiger partial charge is 0.251 e. The molecule has 1 aliphatic carbocycles. The maximum Gasteiger partial charge on any atom is 0.251 e. The number of carbonyl (C=O) groups excluding carboxylic acids is 3. The molecule has 10 nitrogen and oxygen atoms in total.